The Hall–Kier alpha value is -0.610. The highest BCUT2D eigenvalue weighted by Crippen LogP contribution is 2.11. The SMILES string of the molecule is CC(C)[C@@H](C(=O)N1CCNCC1)N(C)C. The number of hydrogen-bond donors (Lipinski definition) is 1. The van der Waals surface area contributed by atoms with Gasteiger partial charge in [-0.15, -0.1) is 0 Å². The van der Waals surface area contributed by atoms with Gasteiger partial charge in [0, 0.05) is 26.2 Å². The summed E-state index contributed by atoms with van der Waals surface area (Å²) in [5, 5.41) is 3.26. The number of carbonyl (C=O) groups excluding carboxylic acids is 1. The minimum absolute atomic E-state index is 0.0168. The van der Waals surface area contributed by atoms with E-state index in [4.69, 9.17) is 0 Å². The fourth-order valence-electron chi connectivity index (χ4n) is 2.17. The smallest absolute Gasteiger partial charge is 0.240 e. The van der Waals surface area contributed by atoms with Gasteiger partial charge in [-0.1, -0.05) is 13.8 Å². The molecule has 1 rings (SSSR count). The molecule has 1 aliphatic heterocycles. The molecule has 0 unspecified atom stereocenters. The van der Waals surface area contributed by atoms with Gasteiger partial charge in [-0.3, -0.25) is 9.69 Å². The van der Waals surface area contributed by atoms with E-state index in [0.717, 1.165) is 26.2 Å². The summed E-state index contributed by atoms with van der Waals surface area (Å²) in [5.74, 6) is 0.638. The maximum absolute atomic E-state index is 12.2. The van der Waals surface area contributed by atoms with Crippen LogP contribution in [0.5, 0.6) is 0 Å². The van der Waals surface area contributed by atoms with Crippen molar-refractivity contribution < 1.29 is 4.79 Å². The van der Waals surface area contributed by atoms with Crippen molar-refractivity contribution in [2.45, 2.75) is 19.9 Å². The Bertz CT molecular complexity index is 202. The summed E-state index contributed by atoms with van der Waals surface area (Å²) in [6.07, 6.45) is 0. The van der Waals surface area contributed by atoms with Crippen molar-refractivity contribution in [2.24, 2.45) is 5.92 Å². The summed E-state index contributed by atoms with van der Waals surface area (Å²) < 4.78 is 0. The van der Waals surface area contributed by atoms with Crippen LogP contribution in [-0.4, -0.2) is 62.0 Å². The van der Waals surface area contributed by atoms with E-state index in [2.05, 4.69) is 19.2 Å². The van der Waals surface area contributed by atoms with Crippen LogP contribution in [0, 0.1) is 5.92 Å². The van der Waals surface area contributed by atoms with Gasteiger partial charge in [-0.2, -0.15) is 0 Å². The molecule has 1 N–H and O–H groups in total. The van der Waals surface area contributed by atoms with Crippen LogP contribution in [0.1, 0.15) is 13.8 Å². The maximum atomic E-state index is 12.2. The third-order valence-electron chi connectivity index (χ3n) is 2.87. The molecular weight excluding hydrogens is 190 g/mol. The Balaban J connectivity index is 2.62. The van der Waals surface area contributed by atoms with Gasteiger partial charge in [0.25, 0.3) is 0 Å². The van der Waals surface area contributed by atoms with Crippen LogP contribution in [0.2, 0.25) is 0 Å². The van der Waals surface area contributed by atoms with Gasteiger partial charge in [0.05, 0.1) is 6.04 Å². The largest absolute Gasteiger partial charge is 0.339 e. The van der Waals surface area contributed by atoms with E-state index < -0.39 is 0 Å². The zero-order chi connectivity index (χ0) is 11.4. The molecule has 1 saturated heterocycles. The lowest BCUT2D eigenvalue weighted by Gasteiger charge is -2.35. The molecular formula is C11H23N3O. The van der Waals surface area contributed by atoms with E-state index in [-0.39, 0.29) is 11.9 Å². The molecule has 15 heavy (non-hydrogen) atoms. The van der Waals surface area contributed by atoms with Crippen molar-refractivity contribution in [3.8, 4) is 0 Å². The molecule has 4 nitrogen and oxygen atoms in total. The average Bonchev–Trinajstić information content (AvgIpc) is 2.18. The predicted molar refractivity (Wildman–Crippen MR) is 61.8 cm³/mol. The zero-order valence-electron chi connectivity index (χ0n) is 10.3. The van der Waals surface area contributed by atoms with E-state index in [1.807, 2.05) is 23.9 Å². The predicted octanol–water partition coefficient (Wildman–Crippen LogP) is 0.00440. The van der Waals surface area contributed by atoms with Crippen LogP contribution in [0.15, 0.2) is 0 Å². The van der Waals surface area contributed by atoms with Crippen LogP contribution in [0.25, 0.3) is 0 Å². The Morgan fingerprint density at radius 1 is 1.27 bits per heavy atom. The lowest BCUT2D eigenvalue weighted by molar-refractivity contribution is -0.138. The normalized spacial score (nSPS) is 19.7. The molecule has 1 fully saturated rings. The van der Waals surface area contributed by atoms with Crippen LogP contribution in [0.3, 0.4) is 0 Å². The highest BCUT2D eigenvalue weighted by atomic mass is 16.2. The van der Waals surface area contributed by atoms with E-state index in [9.17, 15) is 4.79 Å². The van der Waals surface area contributed by atoms with Crippen molar-refractivity contribution >= 4 is 5.91 Å². The van der Waals surface area contributed by atoms with E-state index in [1.165, 1.54) is 0 Å². The molecule has 0 bridgehead atoms. The number of carbonyl (C=O) groups is 1. The van der Waals surface area contributed by atoms with Crippen molar-refractivity contribution in [3.63, 3.8) is 0 Å². The molecule has 1 atom stereocenters. The minimum atomic E-state index is 0.0168. The van der Waals surface area contributed by atoms with Gasteiger partial charge in [0.15, 0.2) is 0 Å². The number of rotatable bonds is 3. The second kappa shape index (κ2) is 5.47. The first-order valence-corrected chi connectivity index (χ1v) is 5.70. The van der Waals surface area contributed by atoms with Gasteiger partial charge < -0.3 is 10.2 Å². The summed E-state index contributed by atoms with van der Waals surface area (Å²) >= 11 is 0. The summed E-state index contributed by atoms with van der Waals surface area (Å²) in [6.45, 7) is 7.73. The molecule has 0 saturated carbocycles. The Morgan fingerprint density at radius 3 is 2.20 bits per heavy atom. The lowest BCUT2D eigenvalue weighted by atomic mass is 10.0. The van der Waals surface area contributed by atoms with Crippen molar-refractivity contribution in [2.75, 3.05) is 40.3 Å². The number of likely N-dealkylation sites (N-methyl/N-ethyl adjacent to an activating group) is 1. The first-order chi connectivity index (χ1) is 7.04. The second-order valence-electron chi connectivity index (χ2n) is 4.73. The molecule has 0 radical (unpaired) electrons. The van der Waals surface area contributed by atoms with Crippen LogP contribution < -0.4 is 5.32 Å². The monoisotopic (exact) mass is 213 g/mol. The number of nitrogens with zero attached hydrogens (tertiary/aromatic N) is 2. The molecule has 0 spiro atoms. The lowest BCUT2D eigenvalue weighted by Crippen LogP contribution is -2.54. The highest BCUT2D eigenvalue weighted by Gasteiger charge is 2.29. The Kier molecular flexibility index (Phi) is 4.54. The van der Waals surface area contributed by atoms with Crippen LogP contribution in [-0.2, 0) is 4.79 Å². The fourth-order valence-corrected chi connectivity index (χ4v) is 2.17. The van der Waals surface area contributed by atoms with Crippen molar-refractivity contribution in [1.29, 1.82) is 0 Å². The molecule has 1 aliphatic rings. The third kappa shape index (κ3) is 3.18. The minimum Gasteiger partial charge on any atom is -0.339 e. The summed E-state index contributed by atoms with van der Waals surface area (Å²) in [4.78, 5) is 16.2. The average molecular weight is 213 g/mol. The second-order valence-corrected chi connectivity index (χ2v) is 4.73. The number of nitrogens with one attached hydrogen (secondary N) is 1. The maximum Gasteiger partial charge on any atom is 0.240 e. The molecule has 0 aliphatic carbocycles. The quantitative estimate of drug-likeness (QED) is 0.717. The standard InChI is InChI=1S/C11H23N3O/c1-9(2)10(13(3)4)11(15)14-7-5-12-6-8-14/h9-10,12H,5-8H2,1-4H3/t10-/m0/s1. The molecule has 0 aromatic carbocycles. The van der Waals surface area contributed by atoms with Gasteiger partial charge in [-0.25, -0.2) is 0 Å². The molecule has 0 aromatic heterocycles. The van der Waals surface area contributed by atoms with Gasteiger partial charge in [0.2, 0.25) is 5.91 Å². The van der Waals surface area contributed by atoms with Crippen LogP contribution in [0.4, 0.5) is 0 Å². The number of amides is 1. The van der Waals surface area contributed by atoms with Gasteiger partial charge in [-0.05, 0) is 20.0 Å². The van der Waals surface area contributed by atoms with Crippen LogP contribution >= 0.6 is 0 Å². The van der Waals surface area contributed by atoms with Crippen molar-refractivity contribution in [3.05, 3.63) is 0 Å². The highest BCUT2D eigenvalue weighted by molar-refractivity contribution is 5.82. The fraction of sp³-hybridized carbons (Fsp3) is 0.909. The molecule has 1 heterocycles. The Labute approximate surface area is 92.6 Å². The van der Waals surface area contributed by atoms with Crippen molar-refractivity contribution in [1.82, 2.24) is 15.1 Å². The van der Waals surface area contributed by atoms with E-state index in [1.54, 1.807) is 0 Å². The first-order valence-electron chi connectivity index (χ1n) is 5.70. The first kappa shape index (κ1) is 12.5. The Morgan fingerprint density at radius 2 is 1.80 bits per heavy atom. The number of hydrogen-bond acceptors (Lipinski definition) is 3. The molecule has 4 heteroatoms. The summed E-state index contributed by atoms with van der Waals surface area (Å²) in [7, 11) is 3.95. The van der Waals surface area contributed by atoms with Gasteiger partial charge >= 0.3 is 0 Å². The molecule has 88 valence electrons. The van der Waals surface area contributed by atoms with E-state index in [0.29, 0.717) is 5.92 Å². The third-order valence-corrected chi connectivity index (χ3v) is 2.87. The molecule has 1 amide bonds. The zero-order valence-corrected chi connectivity index (χ0v) is 10.3. The molecule has 0 aromatic rings. The van der Waals surface area contributed by atoms with E-state index >= 15 is 0 Å². The number of piperazine rings is 1. The summed E-state index contributed by atoms with van der Waals surface area (Å²) in [6, 6.07) is 0.0168. The van der Waals surface area contributed by atoms with Gasteiger partial charge in [0.1, 0.15) is 0 Å². The summed E-state index contributed by atoms with van der Waals surface area (Å²) in [5.41, 5.74) is 0. The topological polar surface area (TPSA) is 35.6 Å².